The number of nitrogens with zero attached hydrogens (tertiary/aromatic N) is 3. The van der Waals surface area contributed by atoms with Crippen LogP contribution in [0.5, 0.6) is 0 Å². The molecular formula is C32H27N5O6S2. The number of benzene rings is 3. The Morgan fingerprint density at radius 3 is 2.22 bits per heavy atom. The van der Waals surface area contributed by atoms with E-state index >= 15 is 0 Å². The lowest BCUT2D eigenvalue weighted by Crippen LogP contribution is -2.70. The van der Waals surface area contributed by atoms with Gasteiger partial charge >= 0.3 is 11.9 Å². The number of carbonyl (C=O) groups excluding carboxylic acids is 3. The van der Waals surface area contributed by atoms with E-state index in [2.05, 4.69) is 20.5 Å². The van der Waals surface area contributed by atoms with Gasteiger partial charge in [0.2, 0.25) is 5.91 Å². The van der Waals surface area contributed by atoms with Gasteiger partial charge in [0, 0.05) is 10.7 Å². The summed E-state index contributed by atoms with van der Waals surface area (Å²) in [4.78, 5) is 57.7. The fraction of sp³-hybridized carbons (Fsp3) is 0.188. The van der Waals surface area contributed by atoms with Crippen molar-refractivity contribution in [3.8, 4) is 0 Å². The van der Waals surface area contributed by atoms with Crippen LogP contribution in [0.15, 0.2) is 107 Å². The van der Waals surface area contributed by atoms with Crippen LogP contribution in [0.4, 0.5) is 0 Å². The Morgan fingerprint density at radius 2 is 1.60 bits per heavy atom. The number of hydrogen-bond donors (Lipinski definition) is 3. The molecule has 0 radical (unpaired) electrons. The number of H-pyrrole nitrogens is 1. The maximum atomic E-state index is 14.1. The molecule has 0 unspecified atom stereocenters. The average Bonchev–Trinajstić information content (AvgIpc) is 3.49. The van der Waals surface area contributed by atoms with Crippen molar-refractivity contribution in [3.63, 3.8) is 0 Å². The standard InChI is InChI=1S/C32H27N5O6S2/c38-24(16-19-10-4-1-5-11-19)34-26-29(41)37-27(22(18-44-30(26)37)45-32-33-23(35-36-32)17-25(39)40)31(42)43-28(20-12-6-2-7-13-20)21-14-8-3-9-15-21/h1-15,26,28,30H,16-18H2,(H,34,38)(H,39,40)(H,33,35,36)/t26-,30+/m1/s1. The number of aromatic amines is 1. The first-order valence-corrected chi connectivity index (χ1v) is 15.9. The molecule has 13 heteroatoms. The van der Waals surface area contributed by atoms with Crippen molar-refractivity contribution >= 4 is 47.3 Å². The number of aliphatic carboxylic acids is 1. The van der Waals surface area contributed by atoms with Gasteiger partial charge in [-0.3, -0.25) is 24.4 Å². The monoisotopic (exact) mass is 641 g/mol. The normalized spacial score (nSPS) is 17.4. The predicted octanol–water partition coefficient (Wildman–Crippen LogP) is 3.71. The number of carbonyl (C=O) groups is 4. The molecule has 11 nitrogen and oxygen atoms in total. The van der Waals surface area contributed by atoms with Gasteiger partial charge < -0.3 is 15.2 Å². The molecule has 0 bridgehead atoms. The maximum absolute atomic E-state index is 14.1. The van der Waals surface area contributed by atoms with Gasteiger partial charge in [-0.1, -0.05) is 103 Å². The maximum Gasteiger partial charge on any atom is 0.356 e. The van der Waals surface area contributed by atoms with E-state index < -0.39 is 35.4 Å². The van der Waals surface area contributed by atoms with Crippen molar-refractivity contribution in [1.29, 1.82) is 0 Å². The van der Waals surface area contributed by atoms with Crippen molar-refractivity contribution < 1.29 is 29.0 Å². The molecule has 1 saturated heterocycles. The topological polar surface area (TPSA) is 155 Å². The highest BCUT2D eigenvalue weighted by Crippen LogP contribution is 2.45. The van der Waals surface area contributed by atoms with E-state index in [9.17, 15) is 19.2 Å². The smallest absolute Gasteiger partial charge is 0.356 e. The Kier molecular flexibility index (Phi) is 8.98. The number of ether oxygens (including phenoxy) is 1. The van der Waals surface area contributed by atoms with Crippen LogP contribution in [0.1, 0.15) is 28.6 Å². The van der Waals surface area contributed by atoms with Gasteiger partial charge in [-0.25, -0.2) is 9.78 Å². The van der Waals surface area contributed by atoms with Crippen LogP contribution in [0.2, 0.25) is 0 Å². The van der Waals surface area contributed by atoms with Crippen LogP contribution in [0, 0.1) is 0 Å². The summed E-state index contributed by atoms with van der Waals surface area (Å²) in [6.45, 7) is 0. The number of nitrogens with one attached hydrogen (secondary N) is 2. The number of rotatable bonds is 11. The molecule has 1 aromatic heterocycles. The number of aromatic nitrogens is 3. The first-order valence-electron chi connectivity index (χ1n) is 14.0. The highest BCUT2D eigenvalue weighted by molar-refractivity contribution is 8.06. The minimum atomic E-state index is -1.08. The van der Waals surface area contributed by atoms with Crippen molar-refractivity contribution in [1.82, 2.24) is 25.4 Å². The van der Waals surface area contributed by atoms with Gasteiger partial charge in [-0.2, -0.15) is 5.10 Å². The molecule has 2 amide bonds. The summed E-state index contributed by atoms with van der Waals surface area (Å²) < 4.78 is 6.16. The first kappa shape index (κ1) is 30.2. The quantitative estimate of drug-likeness (QED) is 0.163. The number of fused-ring (bicyclic) bond motifs is 1. The van der Waals surface area contributed by atoms with Crippen molar-refractivity contribution in [3.05, 3.63) is 124 Å². The second-order valence-electron chi connectivity index (χ2n) is 10.2. The Hall–Kier alpha value is -4.88. The van der Waals surface area contributed by atoms with Crippen LogP contribution >= 0.6 is 23.5 Å². The minimum Gasteiger partial charge on any atom is -0.481 e. The lowest BCUT2D eigenvalue weighted by Gasteiger charge is -2.49. The van der Waals surface area contributed by atoms with Crippen molar-refractivity contribution in [2.24, 2.45) is 0 Å². The van der Waals surface area contributed by atoms with E-state index in [0.717, 1.165) is 28.5 Å². The molecule has 0 saturated carbocycles. The van der Waals surface area contributed by atoms with Crippen LogP contribution in [0.3, 0.4) is 0 Å². The number of β-lactam (4-membered cyclic amide) rings is 1. The fourth-order valence-corrected chi connectivity index (χ4v) is 7.46. The fourth-order valence-electron chi connectivity index (χ4n) is 5.07. The molecular weight excluding hydrogens is 615 g/mol. The third kappa shape index (κ3) is 6.79. The molecule has 2 aliphatic rings. The molecule has 228 valence electrons. The van der Waals surface area contributed by atoms with Gasteiger partial charge in [-0.05, 0) is 16.7 Å². The number of hydrogen-bond acceptors (Lipinski definition) is 9. The number of carboxylic acids is 1. The average molecular weight is 642 g/mol. The summed E-state index contributed by atoms with van der Waals surface area (Å²) in [5, 5.41) is 18.3. The van der Waals surface area contributed by atoms with E-state index in [-0.39, 0.29) is 35.4 Å². The largest absolute Gasteiger partial charge is 0.481 e. The van der Waals surface area contributed by atoms with Gasteiger partial charge in [0.05, 0.1) is 6.42 Å². The number of thioether (sulfide) groups is 2. The summed E-state index contributed by atoms with van der Waals surface area (Å²) >= 11 is 2.48. The molecule has 4 aromatic rings. The molecule has 3 aromatic carbocycles. The van der Waals surface area contributed by atoms with Crippen LogP contribution in [-0.2, 0) is 36.8 Å². The van der Waals surface area contributed by atoms with Gasteiger partial charge in [0.15, 0.2) is 17.1 Å². The first-order chi connectivity index (χ1) is 21.9. The van der Waals surface area contributed by atoms with Gasteiger partial charge in [0.1, 0.15) is 23.5 Å². The lowest BCUT2D eigenvalue weighted by molar-refractivity contribution is -0.154. The zero-order chi connectivity index (χ0) is 31.3. The number of carboxylic acid groups (broad SMARTS) is 1. The van der Waals surface area contributed by atoms with Crippen LogP contribution < -0.4 is 5.32 Å². The number of esters is 1. The molecule has 0 spiro atoms. The number of amides is 2. The molecule has 45 heavy (non-hydrogen) atoms. The molecule has 0 aliphatic carbocycles. The SMILES string of the molecule is O=C(O)Cc1n[nH]c(SC2=C(C(=O)OC(c3ccccc3)c3ccccc3)N3C(=O)[C@@H](NC(=O)Cc4ccccc4)[C@@H]3SC2)n1. The predicted molar refractivity (Wildman–Crippen MR) is 167 cm³/mol. The molecule has 6 rings (SSSR count). The zero-order valence-electron chi connectivity index (χ0n) is 23.7. The van der Waals surface area contributed by atoms with Crippen LogP contribution in [0.25, 0.3) is 0 Å². The van der Waals surface area contributed by atoms with E-state index in [1.54, 1.807) is 0 Å². The van der Waals surface area contributed by atoms with Crippen LogP contribution in [-0.4, -0.2) is 66.1 Å². The van der Waals surface area contributed by atoms with E-state index in [0.29, 0.717) is 10.7 Å². The molecule has 3 heterocycles. The molecule has 3 N–H and O–H groups in total. The molecule has 2 aliphatic heterocycles. The van der Waals surface area contributed by atoms with Gasteiger partial charge in [0.25, 0.3) is 5.91 Å². The molecule has 1 fully saturated rings. The summed E-state index contributed by atoms with van der Waals surface area (Å²) in [5.41, 5.74) is 2.38. The van der Waals surface area contributed by atoms with Crippen molar-refractivity contribution in [2.45, 2.75) is 35.5 Å². The van der Waals surface area contributed by atoms with Crippen molar-refractivity contribution in [2.75, 3.05) is 5.75 Å². The highest BCUT2D eigenvalue weighted by atomic mass is 32.2. The minimum absolute atomic E-state index is 0.0513. The van der Waals surface area contributed by atoms with E-state index in [1.807, 2.05) is 91.0 Å². The Balaban J connectivity index is 1.29. The van der Waals surface area contributed by atoms with E-state index in [1.165, 1.54) is 16.7 Å². The highest BCUT2D eigenvalue weighted by Gasteiger charge is 2.55. The Morgan fingerprint density at radius 1 is 0.978 bits per heavy atom. The second-order valence-corrected chi connectivity index (χ2v) is 12.4. The lowest BCUT2D eigenvalue weighted by atomic mass is 10.0. The Bertz CT molecular complexity index is 1710. The third-order valence-electron chi connectivity index (χ3n) is 7.12. The summed E-state index contributed by atoms with van der Waals surface area (Å²) in [6.07, 6.45) is -1.00. The summed E-state index contributed by atoms with van der Waals surface area (Å²) in [7, 11) is 0. The van der Waals surface area contributed by atoms with E-state index in [4.69, 9.17) is 9.84 Å². The molecule has 2 atom stereocenters. The second kappa shape index (κ2) is 13.4. The zero-order valence-corrected chi connectivity index (χ0v) is 25.3. The summed E-state index contributed by atoms with van der Waals surface area (Å²) in [5.74, 6) is -2.12. The summed E-state index contributed by atoms with van der Waals surface area (Å²) in [6, 6.07) is 27.0. The van der Waals surface area contributed by atoms with Gasteiger partial charge in [-0.15, -0.1) is 11.8 Å². The third-order valence-corrected chi connectivity index (χ3v) is 9.54. The Labute approximate surface area is 266 Å².